The van der Waals surface area contributed by atoms with Crippen molar-refractivity contribution in [2.45, 2.75) is 5.31 Å². The third kappa shape index (κ3) is 1.69. The Morgan fingerprint density at radius 3 is 2.10 bits per heavy atom. The smallest absolute Gasteiger partial charge is 0.310 e. The Balaban J connectivity index is 2.97. The summed E-state index contributed by atoms with van der Waals surface area (Å²) < 4.78 is 12.4. The molecule has 0 saturated heterocycles. The Labute approximate surface area is 63.1 Å². The summed E-state index contributed by atoms with van der Waals surface area (Å²) in [6, 6.07) is 7.73. The Bertz CT molecular complexity index is 205. The lowest BCUT2D eigenvalue weighted by Gasteiger charge is -2.08. The highest BCUT2D eigenvalue weighted by Gasteiger charge is 2.23. The SMILES string of the molecule is OC(F)(Cl)c1ccccc1. The molecule has 0 bridgehead atoms. The van der Waals surface area contributed by atoms with Crippen molar-refractivity contribution in [2.75, 3.05) is 0 Å². The van der Waals surface area contributed by atoms with Crippen molar-refractivity contribution >= 4 is 11.6 Å². The molecule has 0 heterocycles. The first-order chi connectivity index (χ1) is 4.61. The first-order valence-electron chi connectivity index (χ1n) is 2.76. The fourth-order valence-corrected chi connectivity index (χ4v) is 0.765. The Hall–Kier alpha value is -0.600. The van der Waals surface area contributed by atoms with Gasteiger partial charge in [0, 0.05) is 5.56 Å². The maximum Gasteiger partial charge on any atom is 0.310 e. The Kier molecular flexibility index (Phi) is 1.92. The molecule has 0 fully saturated rings. The molecule has 3 heteroatoms. The molecule has 0 aliphatic rings. The normalized spacial score (nSPS) is 16.3. The average molecular weight is 161 g/mol. The van der Waals surface area contributed by atoms with Crippen LogP contribution in [0.1, 0.15) is 5.56 Å². The van der Waals surface area contributed by atoms with Crippen LogP contribution < -0.4 is 0 Å². The predicted molar refractivity (Wildman–Crippen MR) is 37.3 cm³/mol. The Morgan fingerprint density at radius 1 is 1.30 bits per heavy atom. The van der Waals surface area contributed by atoms with Crippen LogP contribution in [0.25, 0.3) is 0 Å². The summed E-state index contributed by atoms with van der Waals surface area (Å²) in [5.41, 5.74) is 0.0525. The predicted octanol–water partition coefficient (Wildman–Crippen LogP) is 2.00. The molecule has 1 aromatic carbocycles. The van der Waals surface area contributed by atoms with E-state index in [1.165, 1.54) is 12.1 Å². The van der Waals surface area contributed by atoms with E-state index in [4.69, 9.17) is 16.7 Å². The molecule has 10 heavy (non-hydrogen) atoms. The van der Waals surface area contributed by atoms with Crippen LogP contribution in [0.4, 0.5) is 4.39 Å². The van der Waals surface area contributed by atoms with Gasteiger partial charge in [0.15, 0.2) is 0 Å². The highest BCUT2D eigenvalue weighted by Crippen LogP contribution is 2.26. The summed E-state index contributed by atoms with van der Waals surface area (Å²) in [6.45, 7) is 0. The molecular weight excluding hydrogens is 155 g/mol. The molecule has 0 aliphatic heterocycles. The van der Waals surface area contributed by atoms with Crippen molar-refractivity contribution in [2.24, 2.45) is 0 Å². The first kappa shape index (κ1) is 7.51. The van der Waals surface area contributed by atoms with Gasteiger partial charge in [-0.25, -0.2) is 0 Å². The molecule has 1 unspecified atom stereocenters. The van der Waals surface area contributed by atoms with E-state index < -0.39 is 5.31 Å². The highest BCUT2D eigenvalue weighted by atomic mass is 35.5. The van der Waals surface area contributed by atoms with Gasteiger partial charge in [0.1, 0.15) is 0 Å². The van der Waals surface area contributed by atoms with E-state index in [1.807, 2.05) is 0 Å². The van der Waals surface area contributed by atoms with Crippen molar-refractivity contribution in [3.05, 3.63) is 35.9 Å². The number of halogens is 2. The van der Waals surface area contributed by atoms with Gasteiger partial charge in [0.05, 0.1) is 0 Å². The molecule has 0 spiro atoms. The van der Waals surface area contributed by atoms with Crippen LogP contribution >= 0.6 is 11.6 Å². The van der Waals surface area contributed by atoms with Gasteiger partial charge >= 0.3 is 5.31 Å². The quantitative estimate of drug-likeness (QED) is 0.623. The van der Waals surface area contributed by atoms with Crippen molar-refractivity contribution < 1.29 is 9.50 Å². The summed E-state index contributed by atoms with van der Waals surface area (Å²) >= 11 is 4.95. The minimum atomic E-state index is -2.73. The second-order valence-corrected chi connectivity index (χ2v) is 2.41. The maximum absolute atomic E-state index is 12.4. The monoisotopic (exact) mass is 160 g/mol. The van der Waals surface area contributed by atoms with Gasteiger partial charge in [-0.3, -0.25) is 0 Å². The minimum absolute atomic E-state index is 0.0525. The number of alkyl halides is 2. The molecule has 0 aliphatic carbocycles. The molecule has 0 radical (unpaired) electrons. The fraction of sp³-hybridized carbons (Fsp3) is 0.143. The summed E-state index contributed by atoms with van der Waals surface area (Å²) in [5, 5.41) is 5.85. The largest absolute Gasteiger partial charge is 0.346 e. The molecule has 0 saturated carbocycles. The topological polar surface area (TPSA) is 20.2 Å². The summed E-state index contributed by atoms with van der Waals surface area (Å²) in [4.78, 5) is 0. The number of hydrogen-bond donors (Lipinski definition) is 1. The second-order valence-electron chi connectivity index (χ2n) is 1.91. The fourth-order valence-electron chi connectivity index (χ4n) is 0.639. The molecule has 0 amide bonds. The lowest BCUT2D eigenvalue weighted by atomic mass is 10.2. The summed E-state index contributed by atoms with van der Waals surface area (Å²) in [5.74, 6) is 0. The van der Waals surface area contributed by atoms with Crippen LogP contribution in [0.15, 0.2) is 30.3 Å². The molecular formula is C7H6ClFO. The van der Waals surface area contributed by atoms with Crippen LogP contribution in [0.5, 0.6) is 0 Å². The zero-order valence-corrected chi connectivity index (χ0v) is 5.85. The van der Waals surface area contributed by atoms with Gasteiger partial charge < -0.3 is 5.11 Å². The van der Waals surface area contributed by atoms with E-state index in [-0.39, 0.29) is 5.56 Å². The minimum Gasteiger partial charge on any atom is -0.346 e. The third-order valence-corrected chi connectivity index (χ3v) is 1.34. The molecule has 1 rings (SSSR count). The van der Waals surface area contributed by atoms with Gasteiger partial charge in [0.2, 0.25) is 0 Å². The van der Waals surface area contributed by atoms with Gasteiger partial charge in [-0.2, -0.15) is 4.39 Å². The van der Waals surface area contributed by atoms with Crippen LogP contribution in [0.3, 0.4) is 0 Å². The third-order valence-electron chi connectivity index (χ3n) is 1.12. The van der Waals surface area contributed by atoms with Crippen molar-refractivity contribution in [1.82, 2.24) is 0 Å². The van der Waals surface area contributed by atoms with Crippen molar-refractivity contribution in [3.63, 3.8) is 0 Å². The van der Waals surface area contributed by atoms with Crippen LogP contribution in [0, 0.1) is 0 Å². The van der Waals surface area contributed by atoms with E-state index in [0.717, 1.165) is 0 Å². The molecule has 1 aromatic rings. The van der Waals surface area contributed by atoms with Gasteiger partial charge in [-0.15, -0.1) is 0 Å². The van der Waals surface area contributed by atoms with Crippen molar-refractivity contribution in [1.29, 1.82) is 0 Å². The van der Waals surface area contributed by atoms with Crippen LogP contribution in [0.2, 0.25) is 0 Å². The van der Waals surface area contributed by atoms with Gasteiger partial charge in [-0.1, -0.05) is 30.3 Å². The number of hydrogen-bond acceptors (Lipinski definition) is 1. The highest BCUT2D eigenvalue weighted by molar-refractivity contribution is 6.21. The summed E-state index contributed by atoms with van der Waals surface area (Å²) in [6.07, 6.45) is 0. The zero-order chi connectivity index (χ0) is 7.61. The lowest BCUT2D eigenvalue weighted by molar-refractivity contribution is -0.00928. The van der Waals surface area contributed by atoms with Crippen LogP contribution in [-0.2, 0) is 5.31 Å². The van der Waals surface area contributed by atoms with Gasteiger partial charge in [-0.05, 0) is 11.6 Å². The molecule has 54 valence electrons. The summed E-state index contributed by atoms with van der Waals surface area (Å²) in [7, 11) is 0. The average Bonchev–Trinajstić information content (AvgIpc) is 1.88. The Morgan fingerprint density at radius 2 is 1.80 bits per heavy atom. The van der Waals surface area contributed by atoms with Crippen LogP contribution in [-0.4, -0.2) is 5.11 Å². The second kappa shape index (κ2) is 2.56. The lowest BCUT2D eigenvalue weighted by Crippen LogP contribution is -2.08. The van der Waals surface area contributed by atoms with E-state index >= 15 is 0 Å². The number of rotatable bonds is 1. The van der Waals surface area contributed by atoms with E-state index in [9.17, 15) is 4.39 Å². The van der Waals surface area contributed by atoms with Gasteiger partial charge in [0.25, 0.3) is 0 Å². The number of benzene rings is 1. The van der Waals surface area contributed by atoms with E-state index in [1.54, 1.807) is 18.2 Å². The standard InChI is InChI=1S/C7H6ClFO/c8-7(9,10)6-4-2-1-3-5-6/h1-5,10H. The molecule has 1 atom stereocenters. The zero-order valence-electron chi connectivity index (χ0n) is 5.09. The van der Waals surface area contributed by atoms with E-state index in [2.05, 4.69) is 0 Å². The van der Waals surface area contributed by atoms with Crippen molar-refractivity contribution in [3.8, 4) is 0 Å². The number of aliphatic hydroxyl groups is 1. The molecule has 1 N–H and O–H groups in total. The van der Waals surface area contributed by atoms with E-state index in [0.29, 0.717) is 0 Å². The molecule has 0 aromatic heterocycles. The maximum atomic E-state index is 12.4. The molecule has 1 nitrogen and oxygen atoms in total. The first-order valence-corrected chi connectivity index (χ1v) is 3.14.